The molecule has 4 nitrogen and oxygen atoms in total. The lowest BCUT2D eigenvalue weighted by Crippen LogP contribution is -2.25. The Balaban J connectivity index is 1.82. The van der Waals surface area contributed by atoms with Gasteiger partial charge in [0.2, 0.25) is 0 Å². The molecule has 1 fully saturated rings. The molecule has 0 aromatic rings. The average molecular weight is 357 g/mol. The number of rotatable bonds is 14. The summed E-state index contributed by atoms with van der Waals surface area (Å²) in [6, 6.07) is 0. The monoisotopic (exact) mass is 356 g/mol. The number of esters is 1. The van der Waals surface area contributed by atoms with E-state index in [1.54, 1.807) is 0 Å². The molecule has 0 aromatic heterocycles. The van der Waals surface area contributed by atoms with E-state index in [0.29, 0.717) is 19.6 Å². The summed E-state index contributed by atoms with van der Waals surface area (Å²) in [5.41, 5.74) is 0. The first kappa shape index (κ1) is 22.4. The summed E-state index contributed by atoms with van der Waals surface area (Å²) in [5.74, 6) is 0.182. The van der Waals surface area contributed by atoms with Gasteiger partial charge in [0, 0.05) is 6.42 Å². The minimum atomic E-state index is -0.550. The van der Waals surface area contributed by atoms with Crippen molar-refractivity contribution in [2.75, 3.05) is 13.2 Å². The van der Waals surface area contributed by atoms with Gasteiger partial charge in [-0.25, -0.2) is 0 Å². The SMILES string of the molecule is CC(C)CCCCCCCCCCCC(=O)OCC1COC(C)(C)O1. The minimum absolute atomic E-state index is 0.113. The maximum Gasteiger partial charge on any atom is 0.305 e. The van der Waals surface area contributed by atoms with E-state index in [-0.39, 0.29) is 12.1 Å². The van der Waals surface area contributed by atoms with E-state index in [9.17, 15) is 4.79 Å². The number of carbonyl (C=O) groups is 1. The molecule has 0 bridgehead atoms. The highest BCUT2D eigenvalue weighted by atomic mass is 16.7. The molecule has 1 rings (SSSR count). The first-order chi connectivity index (χ1) is 11.9. The second-order valence-corrected chi connectivity index (χ2v) is 8.25. The van der Waals surface area contributed by atoms with Crippen molar-refractivity contribution in [2.45, 2.75) is 110 Å². The predicted molar refractivity (Wildman–Crippen MR) is 101 cm³/mol. The second kappa shape index (κ2) is 12.7. The highest BCUT2D eigenvalue weighted by molar-refractivity contribution is 5.69. The van der Waals surface area contributed by atoms with E-state index in [2.05, 4.69) is 13.8 Å². The summed E-state index contributed by atoms with van der Waals surface area (Å²) in [4.78, 5) is 11.7. The predicted octanol–water partition coefficient (Wildman–Crippen LogP) is 5.63. The van der Waals surface area contributed by atoms with Gasteiger partial charge in [-0.05, 0) is 26.2 Å². The van der Waals surface area contributed by atoms with Crippen LogP contribution in [0.4, 0.5) is 0 Å². The fourth-order valence-corrected chi connectivity index (χ4v) is 3.16. The van der Waals surface area contributed by atoms with E-state index in [0.717, 1.165) is 18.8 Å². The van der Waals surface area contributed by atoms with Crippen LogP contribution >= 0.6 is 0 Å². The van der Waals surface area contributed by atoms with Crippen LogP contribution in [0.2, 0.25) is 0 Å². The van der Waals surface area contributed by atoms with Crippen LogP contribution in [0, 0.1) is 5.92 Å². The average Bonchev–Trinajstić information content (AvgIpc) is 2.89. The standard InChI is InChI=1S/C21H40O4/c1-18(2)14-12-10-8-6-5-7-9-11-13-15-20(22)23-16-19-17-24-21(3,4)25-19/h18-19H,5-17H2,1-4H3. The van der Waals surface area contributed by atoms with Crippen LogP contribution in [0.3, 0.4) is 0 Å². The van der Waals surface area contributed by atoms with Crippen molar-refractivity contribution in [3.8, 4) is 0 Å². The fraction of sp³-hybridized carbons (Fsp3) is 0.952. The van der Waals surface area contributed by atoms with Gasteiger partial charge >= 0.3 is 5.97 Å². The lowest BCUT2D eigenvalue weighted by molar-refractivity contribution is -0.158. The maximum absolute atomic E-state index is 11.7. The number of ether oxygens (including phenoxy) is 3. The van der Waals surface area contributed by atoms with Crippen molar-refractivity contribution in [1.29, 1.82) is 0 Å². The van der Waals surface area contributed by atoms with Gasteiger partial charge in [0.25, 0.3) is 0 Å². The Bertz CT molecular complexity index is 352. The smallest absolute Gasteiger partial charge is 0.305 e. The van der Waals surface area contributed by atoms with Crippen LogP contribution < -0.4 is 0 Å². The van der Waals surface area contributed by atoms with Crippen LogP contribution in [0.1, 0.15) is 98.3 Å². The summed E-state index contributed by atoms with van der Waals surface area (Å²) in [6.45, 7) is 9.15. The summed E-state index contributed by atoms with van der Waals surface area (Å²) in [5, 5.41) is 0. The highest BCUT2D eigenvalue weighted by Crippen LogP contribution is 2.22. The molecule has 0 aromatic carbocycles. The lowest BCUT2D eigenvalue weighted by Gasteiger charge is -2.16. The van der Waals surface area contributed by atoms with E-state index < -0.39 is 5.79 Å². The van der Waals surface area contributed by atoms with Gasteiger partial charge in [-0.3, -0.25) is 4.79 Å². The second-order valence-electron chi connectivity index (χ2n) is 8.25. The van der Waals surface area contributed by atoms with Gasteiger partial charge in [0.1, 0.15) is 12.7 Å². The molecule has 1 aliphatic heterocycles. The Morgan fingerprint density at radius 1 is 1.00 bits per heavy atom. The van der Waals surface area contributed by atoms with Crippen molar-refractivity contribution in [1.82, 2.24) is 0 Å². The van der Waals surface area contributed by atoms with Gasteiger partial charge in [0.05, 0.1) is 6.61 Å². The Morgan fingerprint density at radius 3 is 2.08 bits per heavy atom. The van der Waals surface area contributed by atoms with Crippen molar-refractivity contribution >= 4 is 5.97 Å². The van der Waals surface area contributed by atoms with Gasteiger partial charge in [-0.1, -0.05) is 71.6 Å². The number of hydrogen-bond donors (Lipinski definition) is 0. The molecule has 0 spiro atoms. The maximum atomic E-state index is 11.7. The third-order valence-corrected chi connectivity index (χ3v) is 4.66. The summed E-state index contributed by atoms with van der Waals surface area (Å²) in [7, 11) is 0. The Morgan fingerprint density at radius 2 is 1.56 bits per heavy atom. The summed E-state index contributed by atoms with van der Waals surface area (Å²) < 4.78 is 16.3. The Labute approximate surface area is 155 Å². The van der Waals surface area contributed by atoms with Crippen LogP contribution in [-0.2, 0) is 19.0 Å². The highest BCUT2D eigenvalue weighted by Gasteiger charge is 2.33. The quantitative estimate of drug-likeness (QED) is 0.299. The van der Waals surface area contributed by atoms with Crippen molar-refractivity contribution < 1.29 is 19.0 Å². The molecule has 1 saturated heterocycles. The van der Waals surface area contributed by atoms with Crippen LogP contribution in [0.5, 0.6) is 0 Å². The van der Waals surface area contributed by atoms with Gasteiger partial charge in [0.15, 0.2) is 5.79 Å². The Kier molecular flexibility index (Phi) is 11.4. The van der Waals surface area contributed by atoms with Gasteiger partial charge in [-0.2, -0.15) is 0 Å². The fourth-order valence-electron chi connectivity index (χ4n) is 3.16. The minimum Gasteiger partial charge on any atom is -0.463 e. The summed E-state index contributed by atoms with van der Waals surface area (Å²) in [6.07, 6.45) is 13.2. The zero-order chi connectivity index (χ0) is 18.5. The van der Waals surface area contributed by atoms with Gasteiger partial charge in [-0.15, -0.1) is 0 Å². The number of carbonyl (C=O) groups excluding carboxylic acids is 1. The van der Waals surface area contributed by atoms with Crippen molar-refractivity contribution in [2.24, 2.45) is 5.92 Å². The largest absolute Gasteiger partial charge is 0.463 e. The molecule has 1 heterocycles. The van der Waals surface area contributed by atoms with E-state index >= 15 is 0 Å². The molecule has 0 amide bonds. The first-order valence-corrected chi connectivity index (χ1v) is 10.4. The Hall–Kier alpha value is -0.610. The molecule has 0 aliphatic carbocycles. The molecule has 148 valence electrons. The third kappa shape index (κ3) is 12.4. The first-order valence-electron chi connectivity index (χ1n) is 10.4. The lowest BCUT2D eigenvalue weighted by atomic mass is 10.0. The molecule has 0 saturated carbocycles. The van der Waals surface area contributed by atoms with Crippen LogP contribution in [-0.4, -0.2) is 31.1 Å². The molecular weight excluding hydrogens is 316 g/mol. The molecule has 1 aliphatic rings. The molecule has 0 N–H and O–H groups in total. The molecular formula is C21H40O4. The number of hydrogen-bond acceptors (Lipinski definition) is 4. The van der Waals surface area contributed by atoms with Crippen molar-refractivity contribution in [3.05, 3.63) is 0 Å². The number of unbranched alkanes of at least 4 members (excludes halogenated alkanes) is 8. The molecule has 1 atom stereocenters. The van der Waals surface area contributed by atoms with E-state index in [1.807, 2.05) is 13.8 Å². The third-order valence-electron chi connectivity index (χ3n) is 4.66. The van der Waals surface area contributed by atoms with E-state index in [4.69, 9.17) is 14.2 Å². The van der Waals surface area contributed by atoms with Gasteiger partial charge < -0.3 is 14.2 Å². The molecule has 1 unspecified atom stereocenters. The van der Waals surface area contributed by atoms with Crippen LogP contribution in [0.15, 0.2) is 0 Å². The van der Waals surface area contributed by atoms with E-state index in [1.165, 1.54) is 51.4 Å². The zero-order valence-corrected chi connectivity index (χ0v) is 17.0. The van der Waals surface area contributed by atoms with Crippen molar-refractivity contribution in [3.63, 3.8) is 0 Å². The molecule has 0 radical (unpaired) electrons. The normalized spacial score (nSPS) is 19.5. The molecule has 4 heteroatoms. The topological polar surface area (TPSA) is 44.8 Å². The molecule has 25 heavy (non-hydrogen) atoms. The van der Waals surface area contributed by atoms with Crippen LogP contribution in [0.25, 0.3) is 0 Å². The zero-order valence-electron chi connectivity index (χ0n) is 17.0. The summed E-state index contributed by atoms with van der Waals surface area (Å²) >= 11 is 0.